The molecule has 1 N–H and O–H groups in total. The number of pyridine rings is 1. The third-order valence-electron chi connectivity index (χ3n) is 1.97. The fourth-order valence-corrected chi connectivity index (χ4v) is 1.34. The molecule has 1 fully saturated rings. The second-order valence-corrected chi connectivity index (χ2v) is 3.17. The number of rotatable bonds is 1. The molecule has 1 saturated heterocycles. The lowest BCUT2D eigenvalue weighted by atomic mass is 10.3. The first kappa shape index (κ1) is 8.47. The Bertz CT molecular complexity index is 303. The zero-order valence-corrected chi connectivity index (χ0v) is 7.47. The second kappa shape index (κ2) is 3.32. The molecule has 1 aromatic heterocycles. The molecule has 0 radical (unpaired) electrons. The zero-order valence-electron chi connectivity index (χ0n) is 7.47. The Kier molecular flexibility index (Phi) is 2.16. The van der Waals surface area contributed by atoms with Gasteiger partial charge in [-0.15, -0.1) is 0 Å². The van der Waals surface area contributed by atoms with Gasteiger partial charge in [0, 0.05) is 11.9 Å². The molecule has 2 rings (SSSR count). The normalized spacial score (nSPS) is 22.3. The zero-order chi connectivity index (χ0) is 9.26. The van der Waals surface area contributed by atoms with Crippen molar-refractivity contribution in [2.45, 2.75) is 13.0 Å². The first-order chi connectivity index (χ1) is 6.25. The van der Waals surface area contributed by atoms with Crippen LogP contribution in [0.5, 0.6) is 0 Å². The van der Waals surface area contributed by atoms with Crippen LogP contribution in [0, 0.1) is 6.92 Å². The average molecular weight is 180 g/mol. The van der Waals surface area contributed by atoms with E-state index in [4.69, 9.17) is 4.84 Å². The van der Waals surface area contributed by atoms with Crippen molar-refractivity contribution in [2.24, 2.45) is 0 Å². The molecule has 13 heavy (non-hydrogen) atoms. The van der Waals surface area contributed by atoms with Gasteiger partial charge < -0.3 is 5.11 Å². The number of aromatic nitrogens is 1. The van der Waals surface area contributed by atoms with Gasteiger partial charge in [0.2, 0.25) is 0 Å². The van der Waals surface area contributed by atoms with E-state index in [0.29, 0.717) is 13.2 Å². The van der Waals surface area contributed by atoms with Crippen molar-refractivity contribution in [3.05, 3.63) is 24.0 Å². The maximum Gasteiger partial charge on any atom is 0.103 e. The van der Waals surface area contributed by atoms with E-state index in [1.54, 1.807) is 11.3 Å². The van der Waals surface area contributed by atoms with E-state index < -0.39 is 0 Å². The maximum atomic E-state index is 9.25. The standard InChI is InChI=1S/C9H12N2O2/c1-7-4-8(2-3-10-7)11-5-9(12)6-13-11/h2-4,9,12H,5-6H2,1H3. The van der Waals surface area contributed by atoms with Crippen LogP contribution in [0.3, 0.4) is 0 Å². The van der Waals surface area contributed by atoms with E-state index in [1.807, 2.05) is 19.1 Å². The van der Waals surface area contributed by atoms with Crippen LogP contribution >= 0.6 is 0 Å². The van der Waals surface area contributed by atoms with Crippen molar-refractivity contribution in [2.75, 3.05) is 18.2 Å². The van der Waals surface area contributed by atoms with E-state index in [0.717, 1.165) is 11.4 Å². The largest absolute Gasteiger partial charge is 0.389 e. The highest BCUT2D eigenvalue weighted by molar-refractivity contribution is 5.44. The Morgan fingerprint density at radius 2 is 2.54 bits per heavy atom. The van der Waals surface area contributed by atoms with E-state index in [9.17, 15) is 5.11 Å². The average Bonchev–Trinajstić information content (AvgIpc) is 2.52. The smallest absolute Gasteiger partial charge is 0.103 e. The number of hydroxylamine groups is 1. The maximum absolute atomic E-state index is 9.25. The van der Waals surface area contributed by atoms with Gasteiger partial charge in [-0.05, 0) is 19.1 Å². The highest BCUT2D eigenvalue weighted by Gasteiger charge is 2.21. The first-order valence-electron chi connectivity index (χ1n) is 4.27. The second-order valence-electron chi connectivity index (χ2n) is 3.17. The van der Waals surface area contributed by atoms with Crippen molar-refractivity contribution in [1.82, 2.24) is 4.98 Å². The monoisotopic (exact) mass is 180 g/mol. The predicted octanol–water partition coefficient (Wildman–Crippen LogP) is 0.503. The molecule has 1 aliphatic heterocycles. The number of aliphatic hydroxyl groups is 1. The molecule has 0 saturated carbocycles. The summed E-state index contributed by atoms with van der Waals surface area (Å²) in [4.78, 5) is 9.35. The van der Waals surface area contributed by atoms with E-state index >= 15 is 0 Å². The summed E-state index contributed by atoms with van der Waals surface area (Å²) in [5, 5.41) is 10.9. The lowest BCUT2D eigenvalue weighted by molar-refractivity contribution is 0.116. The quantitative estimate of drug-likeness (QED) is 0.683. The third kappa shape index (κ3) is 1.79. The first-order valence-corrected chi connectivity index (χ1v) is 4.27. The number of aryl methyl sites for hydroxylation is 1. The summed E-state index contributed by atoms with van der Waals surface area (Å²) < 4.78 is 0. The minimum Gasteiger partial charge on any atom is -0.389 e. The molecule has 0 aliphatic carbocycles. The minimum absolute atomic E-state index is 0.376. The number of anilines is 1. The summed E-state index contributed by atoms with van der Waals surface area (Å²) >= 11 is 0. The molecule has 0 amide bonds. The fraction of sp³-hybridized carbons (Fsp3) is 0.444. The van der Waals surface area contributed by atoms with Gasteiger partial charge in [0.1, 0.15) is 6.61 Å². The van der Waals surface area contributed by atoms with Crippen LogP contribution in [-0.4, -0.2) is 29.3 Å². The molecule has 0 aromatic carbocycles. The summed E-state index contributed by atoms with van der Waals surface area (Å²) in [6.45, 7) is 2.83. The number of hydrogen-bond acceptors (Lipinski definition) is 4. The van der Waals surface area contributed by atoms with Gasteiger partial charge in [0.05, 0.1) is 18.3 Å². The molecule has 0 bridgehead atoms. The molecule has 2 heterocycles. The van der Waals surface area contributed by atoms with Gasteiger partial charge in [-0.2, -0.15) is 0 Å². The van der Waals surface area contributed by atoms with Crippen molar-refractivity contribution < 1.29 is 9.94 Å². The van der Waals surface area contributed by atoms with Gasteiger partial charge in [0.15, 0.2) is 0 Å². The van der Waals surface area contributed by atoms with Crippen LogP contribution in [0.1, 0.15) is 5.69 Å². The van der Waals surface area contributed by atoms with Crippen molar-refractivity contribution in [3.63, 3.8) is 0 Å². The summed E-state index contributed by atoms with van der Waals surface area (Å²) in [6, 6.07) is 3.79. The Balaban J connectivity index is 2.16. The topological polar surface area (TPSA) is 45.6 Å². The van der Waals surface area contributed by atoms with Crippen LogP contribution in [0.25, 0.3) is 0 Å². The Labute approximate surface area is 76.7 Å². The molecule has 0 spiro atoms. The fourth-order valence-electron chi connectivity index (χ4n) is 1.34. The van der Waals surface area contributed by atoms with E-state index in [-0.39, 0.29) is 6.10 Å². The molecular formula is C9H12N2O2. The molecule has 1 atom stereocenters. The molecule has 1 aromatic rings. The van der Waals surface area contributed by atoms with Crippen LogP contribution in [0.15, 0.2) is 18.3 Å². The van der Waals surface area contributed by atoms with E-state index in [1.165, 1.54) is 0 Å². The molecule has 4 nitrogen and oxygen atoms in total. The molecule has 1 unspecified atom stereocenters. The molecule has 1 aliphatic rings. The highest BCUT2D eigenvalue weighted by Crippen LogP contribution is 2.18. The molecular weight excluding hydrogens is 168 g/mol. The lowest BCUT2D eigenvalue weighted by Gasteiger charge is -2.15. The number of nitrogens with zero attached hydrogens (tertiary/aromatic N) is 2. The van der Waals surface area contributed by atoms with Gasteiger partial charge in [0.25, 0.3) is 0 Å². The van der Waals surface area contributed by atoms with Crippen LogP contribution in [-0.2, 0) is 4.84 Å². The van der Waals surface area contributed by atoms with Gasteiger partial charge in [-0.3, -0.25) is 14.9 Å². The number of β-amino-alcohol motifs (C(OH)–C–C–N with tert-alkyl or cyclic N) is 1. The summed E-state index contributed by atoms with van der Waals surface area (Å²) in [7, 11) is 0. The Morgan fingerprint density at radius 3 is 3.15 bits per heavy atom. The lowest BCUT2D eigenvalue weighted by Crippen LogP contribution is -2.20. The summed E-state index contributed by atoms with van der Waals surface area (Å²) in [5.41, 5.74) is 1.89. The van der Waals surface area contributed by atoms with Gasteiger partial charge in [-0.25, -0.2) is 0 Å². The SMILES string of the molecule is Cc1cc(N2CC(O)CO2)ccn1. The van der Waals surface area contributed by atoms with E-state index in [2.05, 4.69) is 4.98 Å². The number of aliphatic hydroxyl groups excluding tert-OH is 1. The third-order valence-corrected chi connectivity index (χ3v) is 1.97. The van der Waals surface area contributed by atoms with Crippen LogP contribution in [0.4, 0.5) is 5.69 Å². The van der Waals surface area contributed by atoms with Crippen molar-refractivity contribution in [3.8, 4) is 0 Å². The minimum atomic E-state index is -0.381. The predicted molar refractivity (Wildman–Crippen MR) is 48.3 cm³/mol. The molecule has 4 heteroatoms. The highest BCUT2D eigenvalue weighted by atomic mass is 16.7. The van der Waals surface area contributed by atoms with Crippen LogP contribution < -0.4 is 5.06 Å². The van der Waals surface area contributed by atoms with Crippen molar-refractivity contribution in [1.29, 1.82) is 0 Å². The molecule has 70 valence electrons. The van der Waals surface area contributed by atoms with Crippen LogP contribution in [0.2, 0.25) is 0 Å². The Morgan fingerprint density at radius 1 is 1.69 bits per heavy atom. The van der Waals surface area contributed by atoms with Crippen molar-refractivity contribution >= 4 is 5.69 Å². The number of hydrogen-bond donors (Lipinski definition) is 1. The Hall–Kier alpha value is -1.13. The summed E-state index contributed by atoms with van der Waals surface area (Å²) in [5.74, 6) is 0. The van der Waals surface area contributed by atoms with Gasteiger partial charge in [-0.1, -0.05) is 0 Å². The van der Waals surface area contributed by atoms with Gasteiger partial charge >= 0.3 is 0 Å². The summed E-state index contributed by atoms with van der Waals surface area (Å²) in [6.07, 6.45) is 1.35.